The molecule has 1 unspecified atom stereocenters. The summed E-state index contributed by atoms with van der Waals surface area (Å²) in [5.41, 5.74) is 7.04. The molecule has 3 N–H and O–H groups in total. The number of ether oxygens (including phenoxy) is 1. The molecule has 3 heteroatoms. The average Bonchev–Trinajstić information content (AvgIpc) is 2.34. The van der Waals surface area contributed by atoms with Crippen LogP contribution in [0.25, 0.3) is 0 Å². The van der Waals surface area contributed by atoms with Crippen LogP contribution in [0.2, 0.25) is 0 Å². The highest BCUT2D eigenvalue weighted by Crippen LogP contribution is 2.23. The van der Waals surface area contributed by atoms with Crippen LogP contribution in [0, 0.1) is 5.92 Å². The van der Waals surface area contributed by atoms with Crippen LogP contribution in [-0.4, -0.2) is 19.2 Å². The van der Waals surface area contributed by atoms with Gasteiger partial charge in [0, 0.05) is 12.6 Å². The van der Waals surface area contributed by atoms with Crippen molar-refractivity contribution in [1.29, 1.82) is 0 Å². The maximum atomic E-state index is 6.01. The zero-order valence-corrected chi connectivity index (χ0v) is 11.1. The molecule has 0 heterocycles. The van der Waals surface area contributed by atoms with Crippen LogP contribution in [0.1, 0.15) is 27.2 Å². The van der Waals surface area contributed by atoms with Gasteiger partial charge < -0.3 is 15.8 Å². The van der Waals surface area contributed by atoms with Crippen LogP contribution in [0.3, 0.4) is 0 Å². The number of para-hydroxylation sites is 2. The van der Waals surface area contributed by atoms with Gasteiger partial charge in [-0.3, -0.25) is 0 Å². The third kappa shape index (κ3) is 4.65. The Bertz CT molecular complexity index is 326. The van der Waals surface area contributed by atoms with Crippen LogP contribution < -0.4 is 15.8 Å². The molecule has 0 aliphatic rings. The number of hydrogen-bond acceptors (Lipinski definition) is 3. The van der Waals surface area contributed by atoms with Gasteiger partial charge in [0.05, 0.1) is 12.3 Å². The summed E-state index contributed by atoms with van der Waals surface area (Å²) >= 11 is 0. The molecule has 0 aliphatic heterocycles. The zero-order chi connectivity index (χ0) is 12.7. The Hall–Kier alpha value is -1.22. The zero-order valence-electron chi connectivity index (χ0n) is 11.1. The molecule has 1 aromatic rings. The normalized spacial score (nSPS) is 12.5. The Morgan fingerprint density at radius 3 is 2.65 bits per heavy atom. The summed E-state index contributed by atoms with van der Waals surface area (Å²) < 4.78 is 5.68. The number of rotatable bonds is 7. The predicted molar refractivity (Wildman–Crippen MR) is 73.5 cm³/mol. The third-order valence-corrected chi connectivity index (χ3v) is 2.73. The maximum absolute atomic E-state index is 6.01. The summed E-state index contributed by atoms with van der Waals surface area (Å²) in [5.74, 6) is 1.39. The molecule has 17 heavy (non-hydrogen) atoms. The molecular formula is C14H24N2O. The van der Waals surface area contributed by atoms with Crippen molar-refractivity contribution in [3.8, 4) is 5.75 Å². The smallest absolute Gasteiger partial charge is 0.142 e. The van der Waals surface area contributed by atoms with E-state index in [4.69, 9.17) is 10.5 Å². The van der Waals surface area contributed by atoms with E-state index < -0.39 is 0 Å². The minimum Gasteiger partial charge on any atom is -0.491 e. The lowest BCUT2D eigenvalue weighted by Gasteiger charge is -2.18. The van der Waals surface area contributed by atoms with Gasteiger partial charge in [-0.25, -0.2) is 0 Å². The van der Waals surface area contributed by atoms with Gasteiger partial charge in [0.2, 0.25) is 0 Å². The topological polar surface area (TPSA) is 47.3 Å². The van der Waals surface area contributed by atoms with E-state index in [0.717, 1.165) is 31.0 Å². The first-order valence-electron chi connectivity index (χ1n) is 6.36. The second kappa shape index (κ2) is 7.17. The second-order valence-electron chi connectivity index (χ2n) is 4.63. The lowest BCUT2D eigenvalue weighted by atomic mass is 10.1. The molecule has 0 radical (unpaired) electrons. The SMILES string of the molecule is CCCOc1ccccc1NCC(N)C(C)C. The molecule has 0 spiro atoms. The Morgan fingerprint density at radius 1 is 1.29 bits per heavy atom. The van der Waals surface area contributed by atoms with E-state index in [0.29, 0.717) is 5.92 Å². The highest BCUT2D eigenvalue weighted by atomic mass is 16.5. The Labute approximate surface area is 104 Å². The molecule has 0 aromatic heterocycles. The molecule has 0 bridgehead atoms. The molecule has 0 aliphatic carbocycles. The predicted octanol–water partition coefficient (Wildman–Crippen LogP) is 2.87. The second-order valence-corrected chi connectivity index (χ2v) is 4.63. The van der Waals surface area contributed by atoms with Crippen LogP contribution in [0.5, 0.6) is 5.75 Å². The molecule has 1 aromatic carbocycles. The van der Waals surface area contributed by atoms with E-state index >= 15 is 0 Å². The maximum Gasteiger partial charge on any atom is 0.142 e. The van der Waals surface area contributed by atoms with Gasteiger partial charge in [-0.05, 0) is 24.5 Å². The number of benzene rings is 1. The highest BCUT2D eigenvalue weighted by Gasteiger charge is 2.08. The molecule has 3 nitrogen and oxygen atoms in total. The number of nitrogens with one attached hydrogen (secondary N) is 1. The van der Waals surface area contributed by atoms with Crippen LogP contribution >= 0.6 is 0 Å². The van der Waals surface area contributed by atoms with Gasteiger partial charge >= 0.3 is 0 Å². The molecule has 0 fully saturated rings. The van der Waals surface area contributed by atoms with Crippen LogP contribution in [-0.2, 0) is 0 Å². The van der Waals surface area contributed by atoms with E-state index in [-0.39, 0.29) is 6.04 Å². The molecule has 0 saturated heterocycles. The minimum absolute atomic E-state index is 0.161. The van der Waals surface area contributed by atoms with Crippen molar-refractivity contribution in [2.24, 2.45) is 11.7 Å². The van der Waals surface area contributed by atoms with Gasteiger partial charge in [0.15, 0.2) is 0 Å². The van der Waals surface area contributed by atoms with Gasteiger partial charge in [0.1, 0.15) is 5.75 Å². The molecule has 1 rings (SSSR count). The van der Waals surface area contributed by atoms with E-state index in [1.807, 2.05) is 24.3 Å². The Kier molecular flexibility index (Phi) is 5.84. The van der Waals surface area contributed by atoms with Crippen molar-refractivity contribution < 1.29 is 4.74 Å². The summed E-state index contributed by atoms with van der Waals surface area (Å²) in [5, 5.41) is 3.35. The van der Waals surface area contributed by atoms with Gasteiger partial charge in [0.25, 0.3) is 0 Å². The largest absolute Gasteiger partial charge is 0.491 e. The number of anilines is 1. The molecule has 96 valence electrons. The van der Waals surface area contributed by atoms with E-state index in [1.165, 1.54) is 0 Å². The fourth-order valence-electron chi connectivity index (χ4n) is 1.41. The first-order chi connectivity index (χ1) is 8.15. The Balaban J connectivity index is 2.57. The standard InChI is InChI=1S/C14H24N2O/c1-4-9-17-14-8-6-5-7-13(14)16-10-12(15)11(2)3/h5-8,11-12,16H,4,9-10,15H2,1-3H3. The Morgan fingerprint density at radius 2 is 2.00 bits per heavy atom. The molecule has 1 atom stereocenters. The third-order valence-electron chi connectivity index (χ3n) is 2.73. The molecule has 0 amide bonds. The van der Waals surface area contributed by atoms with Crippen molar-refractivity contribution in [3.63, 3.8) is 0 Å². The number of hydrogen-bond donors (Lipinski definition) is 2. The summed E-state index contributed by atoms with van der Waals surface area (Å²) in [7, 11) is 0. The molecule has 0 saturated carbocycles. The first-order valence-corrected chi connectivity index (χ1v) is 6.36. The van der Waals surface area contributed by atoms with Crippen molar-refractivity contribution >= 4 is 5.69 Å². The fourth-order valence-corrected chi connectivity index (χ4v) is 1.41. The van der Waals surface area contributed by atoms with E-state index in [2.05, 4.69) is 26.1 Å². The van der Waals surface area contributed by atoms with Crippen LogP contribution in [0.4, 0.5) is 5.69 Å². The van der Waals surface area contributed by atoms with Gasteiger partial charge in [-0.2, -0.15) is 0 Å². The highest BCUT2D eigenvalue weighted by molar-refractivity contribution is 5.56. The summed E-state index contributed by atoms with van der Waals surface area (Å²) in [4.78, 5) is 0. The number of nitrogens with two attached hydrogens (primary N) is 1. The average molecular weight is 236 g/mol. The summed E-state index contributed by atoms with van der Waals surface area (Å²) in [6.45, 7) is 7.88. The first kappa shape index (κ1) is 13.8. The van der Waals surface area contributed by atoms with Crippen molar-refractivity contribution in [1.82, 2.24) is 0 Å². The van der Waals surface area contributed by atoms with Crippen molar-refractivity contribution in [3.05, 3.63) is 24.3 Å². The van der Waals surface area contributed by atoms with E-state index in [9.17, 15) is 0 Å². The lowest BCUT2D eigenvalue weighted by molar-refractivity contribution is 0.318. The monoisotopic (exact) mass is 236 g/mol. The summed E-state index contributed by atoms with van der Waals surface area (Å²) in [6, 6.07) is 8.16. The van der Waals surface area contributed by atoms with Crippen LogP contribution in [0.15, 0.2) is 24.3 Å². The molecular weight excluding hydrogens is 212 g/mol. The summed E-state index contributed by atoms with van der Waals surface area (Å²) in [6.07, 6.45) is 1.01. The fraction of sp³-hybridized carbons (Fsp3) is 0.571. The lowest BCUT2D eigenvalue weighted by Crippen LogP contribution is -2.34. The van der Waals surface area contributed by atoms with Crippen molar-refractivity contribution in [2.75, 3.05) is 18.5 Å². The van der Waals surface area contributed by atoms with Gasteiger partial charge in [-0.1, -0.05) is 32.9 Å². The van der Waals surface area contributed by atoms with Crippen molar-refractivity contribution in [2.45, 2.75) is 33.2 Å². The minimum atomic E-state index is 0.161. The van der Waals surface area contributed by atoms with Gasteiger partial charge in [-0.15, -0.1) is 0 Å². The quantitative estimate of drug-likeness (QED) is 0.765. The van der Waals surface area contributed by atoms with E-state index in [1.54, 1.807) is 0 Å².